The predicted octanol–water partition coefficient (Wildman–Crippen LogP) is 0.849. The fourth-order valence-corrected chi connectivity index (χ4v) is 2.62. The molecule has 0 aromatic carbocycles. The Morgan fingerprint density at radius 3 is 2.57 bits per heavy atom. The average molecular weight is 198 g/mol. The molecule has 82 valence electrons. The predicted molar refractivity (Wildman–Crippen MR) is 57.5 cm³/mol. The summed E-state index contributed by atoms with van der Waals surface area (Å²) in [4.78, 5) is 2.64. The van der Waals surface area contributed by atoms with E-state index >= 15 is 0 Å². The van der Waals surface area contributed by atoms with Gasteiger partial charge < -0.3 is 10.1 Å². The third kappa shape index (κ3) is 2.47. The van der Waals surface area contributed by atoms with Gasteiger partial charge in [-0.05, 0) is 32.2 Å². The summed E-state index contributed by atoms with van der Waals surface area (Å²) in [5.41, 5.74) is 0. The lowest BCUT2D eigenvalue weighted by atomic mass is 10.0. The maximum absolute atomic E-state index is 5.38. The molecule has 0 saturated carbocycles. The first kappa shape index (κ1) is 10.4. The highest BCUT2D eigenvalue weighted by atomic mass is 16.5. The number of hydrogen-bond donors (Lipinski definition) is 1. The first-order valence-corrected chi connectivity index (χ1v) is 5.87. The van der Waals surface area contributed by atoms with Crippen LogP contribution >= 0.6 is 0 Å². The number of nitrogens with one attached hydrogen (secondary N) is 1. The van der Waals surface area contributed by atoms with Gasteiger partial charge in [0.2, 0.25) is 0 Å². The van der Waals surface area contributed by atoms with Crippen LogP contribution in [0.25, 0.3) is 0 Å². The molecule has 0 aromatic rings. The number of hydrogen-bond acceptors (Lipinski definition) is 3. The maximum atomic E-state index is 5.38. The molecule has 3 nitrogen and oxygen atoms in total. The van der Waals surface area contributed by atoms with E-state index in [0.717, 1.165) is 6.04 Å². The van der Waals surface area contributed by atoms with Crippen molar-refractivity contribution in [1.29, 1.82) is 0 Å². The number of rotatable bonds is 2. The lowest BCUT2D eigenvalue weighted by Crippen LogP contribution is -2.49. The minimum absolute atomic E-state index is 0.516. The molecule has 0 bridgehead atoms. The van der Waals surface area contributed by atoms with Gasteiger partial charge in [0.05, 0.1) is 6.10 Å². The van der Waals surface area contributed by atoms with E-state index in [2.05, 4.69) is 10.2 Å². The van der Waals surface area contributed by atoms with E-state index in [1.807, 2.05) is 7.11 Å². The van der Waals surface area contributed by atoms with Crippen molar-refractivity contribution in [2.75, 3.05) is 33.3 Å². The Labute approximate surface area is 86.8 Å². The summed E-state index contributed by atoms with van der Waals surface area (Å²) in [7, 11) is 1.84. The van der Waals surface area contributed by atoms with Crippen LogP contribution in [0.1, 0.15) is 25.7 Å². The highest BCUT2D eigenvalue weighted by molar-refractivity contribution is 4.82. The number of methoxy groups -OCH3 is 1. The molecule has 2 saturated heterocycles. The standard InChI is InChI=1S/C11H22N2O/c1-14-11-4-7-13(8-5-11)10-3-2-6-12-9-10/h10-12H,2-9H2,1H3. The van der Waals surface area contributed by atoms with E-state index in [-0.39, 0.29) is 0 Å². The van der Waals surface area contributed by atoms with E-state index in [0.29, 0.717) is 6.10 Å². The summed E-state index contributed by atoms with van der Waals surface area (Å²) in [6, 6.07) is 0.793. The van der Waals surface area contributed by atoms with E-state index in [4.69, 9.17) is 4.74 Å². The monoisotopic (exact) mass is 198 g/mol. The van der Waals surface area contributed by atoms with Gasteiger partial charge in [-0.3, -0.25) is 4.90 Å². The highest BCUT2D eigenvalue weighted by Crippen LogP contribution is 2.18. The maximum Gasteiger partial charge on any atom is 0.0595 e. The van der Waals surface area contributed by atoms with Crippen molar-refractivity contribution in [1.82, 2.24) is 10.2 Å². The molecule has 1 unspecified atom stereocenters. The van der Waals surface area contributed by atoms with Gasteiger partial charge >= 0.3 is 0 Å². The molecule has 1 atom stereocenters. The fourth-order valence-electron chi connectivity index (χ4n) is 2.62. The Kier molecular flexibility index (Phi) is 3.79. The van der Waals surface area contributed by atoms with Crippen LogP contribution in [0.3, 0.4) is 0 Å². The zero-order valence-electron chi connectivity index (χ0n) is 9.17. The van der Waals surface area contributed by atoms with Crippen molar-refractivity contribution >= 4 is 0 Å². The summed E-state index contributed by atoms with van der Waals surface area (Å²) in [5.74, 6) is 0. The lowest BCUT2D eigenvalue weighted by Gasteiger charge is -2.39. The molecule has 14 heavy (non-hydrogen) atoms. The second kappa shape index (κ2) is 5.10. The Morgan fingerprint density at radius 2 is 2.00 bits per heavy atom. The van der Waals surface area contributed by atoms with Crippen molar-refractivity contribution in [2.24, 2.45) is 0 Å². The molecule has 2 aliphatic rings. The number of likely N-dealkylation sites (tertiary alicyclic amines) is 1. The van der Waals surface area contributed by atoms with Gasteiger partial charge in [-0.1, -0.05) is 0 Å². The Morgan fingerprint density at radius 1 is 1.21 bits per heavy atom. The zero-order chi connectivity index (χ0) is 9.80. The molecule has 0 radical (unpaired) electrons. The van der Waals surface area contributed by atoms with Crippen LogP contribution in [0.2, 0.25) is 0 Å². The number of piperidine rings is 2. The largest absolute Gasteiger partial charge is 0.381 e. The van der Waals surface area contributed by atoms with Crippen LogP contribution in [-0.2, 0) is 4.74 Å². The van der Waals surface area contributed by atoms with Crippen molar-refractivity contribution in [3.05, 3.63) is 0 Å². The molecular formula is C11H22N2O. The molecular weight excluding hydrogens is 176 g/mol. The fraction of sp³-hybridized carbons (Fsp3) is 1.00. The van der Waals surface area contributed by atoms with Crippen LogP contribution < -0.4 is 5.32 Å². The smallest absolute Gasteiger partial charge is 0.0595 e. The molecule has 2 heterocycles. The van der Waals surface area contributed by atoms with Gasteiger partial charge in [-0.15, -0.1) is 0 Å². The van der Waals surface area contributed by atoms with Crippen LogP contribution in [-0.4, -0.2) is 50.3 Å². The van der Waals surface area contributed by atoms with Gasteiger partial charge in [0.25, 0.3) is 0 Å². The summed E-state index contributed by atoms with van der Waals surface area (Å²) in [6.45, 7) is 4.86. The first-order valence-electron chi connectivity index (χ1n) is 5.87. The van der Waals surface area contributed by atoms with Gasteiger partial charge in [-0.25, -0.2) is 0 Å². The normalized spacial score (nSPS) is 31.9. The van der Waals surface area contributed by atoms with Crippen molar-refractivity contribution in [3.8, 4) is 0 Å². The van der Waals surface area contributed by atoms with E-state index in [1.54, 1.807) is 0 Å². The SMILES string of the molecule is COC1CCN(C2CCCNC2)CC1. The highest BCUT2D eigenvalue weighted by Gasteiger charge is 2.25. The number of nitrogens with zero attached hydrogens (tertiary/aromatic N) is 1. The van der Waals surface area contributed by atoms with Gasteiger partial charge in [0.1, 0.15) is 0 Å². The van der Waals surface area contributed by atoms with Crippen molar-refractivity contribution in [3.63, 3.8) is 0 Å². The Bertz CT molecular complexity index is 161. The Balaban J connectivity index is 1.76. The quantitative estimate of drug-likeness (QED) is 0.712. The molecule has 1 N–H and O–H groups in total. The molecule has 2 aliphatic heterocycles. The number of ether oxygens (including phenoxy) is 1. The van der Waals surface area contributed by atoms with Crippen molar-refractivity contribution < 1.29 is 4.74 Å². The molecule has 2 rings (SSSR count). The Hall–Kier alpha value is -0.120. The summed E-state index contributed by atoms with van der Waals surface area (Å²) >= 11 is 0. The molecule has 0 aliphatic carbocycles. The topological polar surface area (TPSA) is 24.5 Å². The first-order chi connectivity index (χ1) is 6.90. The van der Waals surface area contributed by atoms with E-state index < -0.39 is 0 Å². The molecule has 3 heteroatoms. The van der Waals surface area contributed by atoms with Gasteiger partial charge in [0, 0.05) is 32.8 Å². The second-order valence-electron chi connectivity index (χ2n) is 4.47. The third-order valence-corrected chi connectivity index (χ3v) is 3.60. The van der Waals surface area contributed by atoms with Crippen LogP contribution in [0.15, 0.2) is 0 Å². The molecule has 0 spiro atoms. The molecule has 0 amide bonds. The van der Waals surface area contributed by atoms with E-state index in [1.165, 1.54) is 51.9 Å². The van der Waals surface area contributed by atoms with Crippen LogP contribution in [0.4, 0.5) is 0 Å². The average Bonchev–Trinajstić information content (AvgIpc) is 2.30. The second-order valence-corrected chi connectivity index (χ2v) is 4.47. The summed E-state index contributed by atoms with van der Waals surface area (Å²) in [5, 5.41) is 3.48. The zero-order valence-corrected chi connectivity index (χ0v) is 9.17. The minimum atomic E-state index is 0.516. The lowest BCUT2D eigenvalue weighted by molar-refractivity contribution is 0.0233. The molecule has 2 fully saturated rings. The van der Waals surface area contributed by atoms with Crippen LogP contribution in [0, 0.1) is 0 Å². The van der Waals surface area contributed by atoms with Crippen LogP contribution in [0.5, 0.6) is 0 Å². The molecule has 0 aromatic heterocycles. The van der Waals surface area contributed by atoms with Gasteiger partial charge in [-0.2, -0.15) is 0 Å². The van der Waals surface area contributed by atoms with E-state index in [9.17, 15) is 0 Å². The van der Waals surface area contributed by atoms with Crippen molar-refractivity contribution in [2.45, 2.75) is 37.8 Å². The third-order valence-electron chi connectivity index (χ3n) is 3.60. The minimum Gasteiger partial charge on any atom is -0.381 e. The summed E-state index contributed by atoms with van der Waals surface area (Å²) in [6.07, 6.45) is 5.67. The summed E-state index contributed by atoms with van der Waals surface area (Å²) < 4.78 is 5.38. The van der Waals surface area contributed by atoms with Gasteiger partial charge in [0.15, 0.2) is 0 Å².